The number of benzene rings is 2. The molecule has 0 spiro atoms. The van der Waals surface area contributed by atoms with Gasteiger partial charge in [0.05, 0.1) is 7.11 Å². The molecule has 2 rings (SSSR count). The van der Waals surface area contributed by atoms with Crippen molar-refractivity contribution in [1.82, 2.24) is 5.48 Å². The van der Waals surface area contributed by atoms with Gasteiger partial charge in [0.15, 0.2) is 0 Å². The van der Waals surface area contributed by atoms with Crippen molar-refractivity contribution in [1.29, 1.82) is 0 Å². The molecule has 0 aliphatic carbocycles. The van der Waals surface area contributed by atoms with E-state index in [1.807, 2.05) is 48.5 Å². The van der Waals surface area contributed by atoms with Gasteiger partial charge in [0.1, 0.15) is 5.75 Å². The second kappa shape index (κ2) is 6.05. The van der Waals surface area contributed by atoms with Crippen molar-refractivity contribution in [3.63, 3.8) is 0 Å². The van der Waals surface area contributed by atoms with Gasteiger partial charge in [-0.3, -0.25) is 0 Å². The van der Waals surface area contributed by atoms with E-state index < -0.39 is 0 Å². The van der Waals surface area contributed by atoms with Gasteiger partial charge in [-0.2, -0.15) is 0 Å². The SMILES string of the molecule is COc1ccc(Nc2ccc(CNO)cc2)cc1. The Balaban J connectivity index is 2.03. The molecule has 0 heterocycles. The van der Waals surface area contributed by atoms with E-state index in [9.17, 15) is 0 Å². The molecular formula is C14H16N2O2. The highest BCUT2D eigenvalue weighted by Gasteiger charge is 1.96. The molecule has 2 aromatic carbocycles. The predicted molar refractivity (Wildman–Crippen MR) is 71.3 cm³/mol. The highest BCUT2D eigenvalue weighted by Crippen LogP contribution is 2.20. The summed E-state index contributed by atoms with van der Waals surface area (Å²) in [5, 5.41) is 11.9. The quantitative estimate of drug-likeness (QED) is 0.708. The third-order valence-corrected chi connectivity index (χ3v) is 2.62. The number of ether oxygens (including phenoxy) is 1. The number of hydrogen-bond acceptors (Lipinski definition) is 4. The van der Waals surface area contributed by atoms with Gasteiger partial charge in [-0.05, 0) is 42.0 Å². The number of rotatable bonds is 5. The molecule has 0 saturated heterocycles. The van der Waals surface area contributed by atoms with Crippen molar-refractivity contribution in [2.45, 2.75) is 6.54 Å². The lowest BCUT2D eigenvalue weighted by atomic mass is 10.2. The van der Waals surface area contributed by atoms with E-state index in [1.165, 1.54) is 0 Å². The largest absolute Gasteiger partial charge is 0.497 e. The van der Waals surface area contributed by atoms with Crippen LogP contribution in [-0.2, 0) is 6.54 Å². The highest BCUT2D eigenvalue weighted by molar-refractivity contribution is 5.60. The van der Waals surface area contributed by atoms with Gasteiger partial charge in [-0.1, -0.05) is 12.1 Å². The molecule has 2 aromatic rings. The molecule has 0 unspecified atom stereocenters. The zero-order valence-corrected chi connectivity index (χ0v) is 10.2. The fourth-order valence-electron chi connectivity index (χ4n) is 1.64. The fourth-order valence-corrected chi connectivity index (χ4v) is 1.64. The highest BCUT2D eigenvalue weighted by atomic mass is 16.5. The van der Waals surface area contributed by atoms with E-state index >= 15 is 0 Å². The standard InChI is InChI=1S/C14H16N2O2/c1-18-14-8-6-13(7-9-14)16-12-4-2-11(3-5-12)10-15-17/h2-9,15-17H,10H2,1H3. The lowest BCUT2D eigenvalue weighted by molar-refractivity contribution is 0.161. The summed E-state index contributed by atoms with van der Waals surface area (Å²) in [5.74, 6) is 0.838. The van der Waals surface area contributed by atoms with Gasteiger partial charge in [0, 0.05) is 17.9 Å². The summed E-state index contributed by atoms with van der Waals surface area (Å²) in [6.45, 7) is 0.447. The molecule has 4 nitrogen and oxygen atoms in total. The van der Waals surface area contributed by atoms with Crippen molar-refractivity contribution >= 4 is 11.4 Å². The topological polar surface area (TPSA) is 53.5 Å². The van der Waals surface area contributed by atoms with Crippen LogP contribution < -0.4 is 15.5 Å². The van der Waals surface area contributed by atoms with Crippen molar-refractivity contribution in [2.75, 3.05) is 12.4 Å². The summed E-state index contributed by atoms with van der Waals surface area (Å²) in [6.07, 6.45) is 0. The zero-order chi connectivity index (χ0) is 12.8. The van der Waals surface area contributed by atoms with Crippen LogP contribution in [-0.4, -0.2) is 12.3 Å². The maximum Gasteiger partial charge on any atom is 0.119 e. The number of anilines is 2. The Morgan fingerprint density at radius 1 is 0.944 bits per heavy atom. The van der Waals surface area contributed by atoms with Gasteiger partial charge in [0.2, 0.25) is 0 Å². The first-order valence-electron chi connectivity index (χ1n) is 5.69. The van der Waals surface area contributed by atoms with Gasteiger partial charge in [-0.25, -0.2) is 5.48 Å². The van der Waals surface area contributed by atoms with E-state index in [-0.39, 0.29) is 0 Å². The van der Waals surface area contributed by atoms with Crippen LogP contribution in [0.25, 0.3) is 0 Å². The normalized spacial score (nSPS) is 10.1. The zero-order valence-electron chi connectivity index (χ0n) is 10.2. The van der Waals surface area contributed by atoms with Crippen molar-refractivity contribution in [2.24, 2.45) is 0 Å². The summed E-state index contributed by atoms with van der Waals surface area (Å²) < 4.78 is 5.10. The molecule has 0 amide bonds. The number of hydroxylamine groups is 1. The Morgan fingerprint density at radius 3 is 2.00 bits per heavy atom. The maximum absolute atomic E-state index is 8.60. The summed E-state index contributed by atoms with van der Waals surface area (Å²) in [4.78, 5) is 0. The molecule has 0 aliphatic heterocycles. The second-order valence-electron chi connectivity index (χ2n) is 3.89. The van der Waals surface area contributed by atoms with Crippen LogP contribution in [0.1, 0.15) is 5.56 Å². The molecule has 94 valence electrons. The van der Waals surface area contributed by atoms with E-state index in [0.29, 0.717) is 6.54 Å². The Morgan fingerprint density at radius 2 is 1.50 bits per heavy atom. The van der Waals surface area contributed by atoms with Crippen molar-refractivity contribution in [3.05, 3.63) is 54.1 Å². The van der Waals surface area contributed by atoms with Crippen LogP contribution in [0, 0.1) is 0 Å². The van der Waals surface area contributed by atoms with Gasteiger partial charge < -0.3 is 15.3 Å². The Kier molecular flexibility index (Phi) is 4.17. The predicted octanol–water partition coefficient (Wildman–Crippen LogP) is 2.92. The van der Waals surface area contributed by atoms with Crippen LogP contribution in [0.15, 0.2) is 48.5 Å². The van der Waals surface area contributed by atoms with E-state index in [0.717, 1.165) is 22.7 Å². The molecule has 4 heteroatoms. The minimum absolute atomic E-state index is 0.447. The smallest absolute Gasteiger partial charge is 0.119 e. The molecule has 0 aromatic heterocycles. The third kappa shape index (κ3) is 3.23. The molecule has 3 N–H and O–H groups in total. The van der Waals surface area contributed by atoms with E-state index in [1.54, 1.807) is 7.11 Å². The Bertz CT molecular complexity index is 480. The number of hydrogen-bond donors (Lipinski definition) is 3. The molecule has 0 saturated carbocycles. The second-order valence-corrected chi connectivity index (χ2v) is 3.89. The van der Waals surface area contributed by atoms with Crippen LogP contribution in [0.5, 0.6) is 5.75 Å². The Hall–Kier alpha value is -2.04. The average molecular weight is 244 g/mol. The molecule has 18 heavy (non-hydrogen) atoms. The molecule has 0 aliphatic rings. The number of nitrogens with one attached hydrogen (secondary N) is 2. The van der Waals surface area contributed by atoms with Crippen molar-refractivity contribution < 1.29 is 9.94 Å². The Labute approximate surface area is 106 Å². The van der Waals surface area contributed by atoms with Crippen LogP contribution in [0.2, 0.25) is 0 Å². The number of methoxy groups -OCH3 is 1. The van der Waals surface area contributed by atoms with Gasteiger partial charge >= 0.3 is 0 Å². The molecule has 0 fully saturated rings. The van der Waals surface area contributed by atoms with Crippen molar-refractivity contribution in [3.8, 4) is 5.75 Å². The molecular weight excluding hydrogens is 228 g/mol. The molecule has 0 bridgehead atoms. The summed E-state index contributed by atoms with van der Waals surface area (Å²) >= 11 is 0. The minimum Gasteiger partial charge on any atom is -0.497 e. The monoisotopic (exact) mass is 244 g/mol. The van der Waals surface area contributed by atoms with Crippen LogP contribution in [0.3, 0.4) is 0 Å². The summed E-state index contributed by atoms with van der Waals surface area (Å²) in [6, 6.07) is 15.6. The van der Waals surface area contributed by atoms with Crippen LogP contribution in [0.4, 0.5) is 11.4 Å². The fraction of sp³-hybridized carbons (Fsp3) is 0.143. The lowest BCUT2D eigenvalue weighted by Gasteiger charge is -2.08. The first kappa shape index (κ1) is 12.4. The van der Waals surface area contributed by atoms with E-state index in [4.69, 9.17) is 9.94 Å². The third-order valence-electron chi connectivity index (χ3n) is 2.62. The lowest BCUT2D eigenvalue weighted by Crippen LogP contribution is -2.05. The molecule has 0 radical (unpaired) electrons. The average Bonchev–Trinajstić information content (AvgIpc) is 2.42. The maximum atomic E-state index is 8.60. The first-order valence-corrected chi connectivity index (χ1v) is 5.69. The minimum atomic E-state index is 0.447. The van der Waals surface area contributed by atoms with Gasteiger partial charge in [0.25, 0.3) is 0 Å². The summed E-state index contributed by atoms with van der Waals surface area (Å²) in [5.41, 5.74) is 5.16. The van der Waals surface area contributed by atoms with E-state index in [2.05, 4.69) is 10.8 Å². The summed E-state index contributed by atoms with van der Waals surface area (Å²) in [7, 11) is 1.65. The van der Waals surface area contributed by atoms with Gasteiger partial charge in [-0.15, -0.1) is 0 Å². The molecule has 0 atom stereocenters. The first-order chi connectivity index (χ1) is 8.81. The van der Waals surface area contributed by atoms with Crippen LogP contribution >= 0.6 is 0 Å².